The van der Waals surface area contributed by atoms with Crippen LogP contribution in [0.25, 0.3) is 0 Å². The maximum Gasteiger partial charge on any atom is 0.410 e. The second-order valence-electron chi connectivity index (χ2n) is 3.35. The van der Waals surface area contributed by atoms with Gasteiger partial charge >= 0.3 is 6.09 Å². The van der Waals surface area contributed by atoms with Gasteiger partial charge in [-0.2, -0.15) is 0 Å². The third-order valence-electron chi connectivity index (χ3n) is 2.06. The van der Waals surface area contributed by atoms with Gasteiger partial charge in [-0.25, -0.2) is 4.79 Å². The van der Waals surface area contributed by atoms with Gasteiger partial charge in [-0.15, -0.1) is 11.7 Å². The van der Waals surface area contributed by atoms with Gasteiger partial charge in [-0.3, -0.25) is 0 Å². The van der Waals surface area contributed by atoms with E-state index in [0.29, 0.717) is 5.94 Å². The summed E-state index contributed by atoms with van der Waals surface area (Å²) in [6.07, 6.45) is 4.05. The van der Waals surface area contributed by atoms with Gasteiger partial charge in [0.1, 0.15) is 5.94 Å². The van der Waals surface area contributed by atoms with Crippen LogP contribution in [-0.4, -0.2) is 30.0 Å². The fourth-order valence-corrected chi connectivity index (χ4v) is 1.47. The highest BCUT2D eigenvalue weighted by molar-refractivity contribution is 8.68. The van der Waals surface area contributed by atoms with Crippen molar-refractivity contribution in [3.05, 3.63) is 0 Å². The van der Waals surface area contributed by atoms with Gasteiger partial charge < -0.3 is 9.64 Å². The molecule has 0 fully saturated rings. The summed E-state index contributed by atoms with van der Waals surface area (Å²) in [7, 11) is 1.22. The number of unbranched alkanes of at least 4 members (excludes halogenated alkanes) is 2. The van der Waals surface area contributed by atoms with Crippen LogP contribution in [0.5, 0.6) is 0 Å². The van der Waals surface area contributed by atoms with Crippen LogP contribution < -0.4 is 0 Å². The Morgan fingerprint density at radius 2 is 1.80 bits per heavy atom. The monoisotopic (exact) mass is 251 g/mol. The van der Waals surface area contributed by atoms with Crippen molar-refractivity contribution in [2.24, 2.45) is 0 Å². The van der Waals surface area contributed by atoms with Crippen LogP contribution in [-0.2, 0) is 4.74 Å². The van der Waals surface area contributed by atoms with E-state index in [9.17, 15) is 4.79 Å². The minimum atomic E-state index is -0.210. The van der Waals surface area contributed by atoms with Crippen LogP contribution in [0.3, 0.4) is 0 Å². The Balaban J connectivity index is 3.90. The molecule has 0 radical (unpaired) electrons. The molecule has 1 amide bonds. The Labute approximate surface area is 102 Å². The molecule has 5 heteroatoms. The number of ether oxygens (including phenoxy) is 1. The molecule has 0 N–H and O–H groups in total. The highest BCUT2D eigenvalue weighted by atomic mass is 33.1. The van der Waals surface area contributed by atoms with Crippen LogP contribution >= 0.6 is 22.5 Å². The minimum absolute atomic E-state index is 0.210. The lowest BCUT2D eigenvalue weighted by atomic mass is 10.3. The summed E-state index contributed by atoms with van der Waals surface area (Å²) in [6, 6.07) is 0. The summed E-state index contributed by atoms with van der Waals surface area (Å²) < 4.78 is 5.02. The van der Waals surface area contributed by atoms with Gasteiger partial charge in [0.25, 0.3) is 0 Å². The van der Waals surface area contributed by atoms with Gasteiger partial charge in [0, 0.05) is 13.1 Å². The average Bonchev–Trinajstić information content (AvgIpc) is 2.26. The predicted octanol–water partition coefficient (Wildman–Crippen LogP) is 3.56. The van der Waals surface area contributed by atoms with Crippen LogP contribution in [0.15, 0.2) is 0 Å². The van der Waals surface area contributed by atoms with Gasteiger partial charge in [0.05, 0.1) is 0 Å². The number of thiol groups is 1. The molecular weight excluding hydrogens is 230 g/mol. The van der Waals surface area contributed by atoms with Gasteiger partial charge in [0.15, 0.2) is 0 Å². The maximum absolute atomic E-state index is 11.6. The van der Waals surface area contributed by atoms with Gasteiger partial charge in [-0.1, -0.05) is 37.5 Å². The van der Waals surface area contributed by atoms with E-state index in [1.807, 2.05) is 0 Å². The van der Waals surface area contributed by atoms with Crippen LogP contribution in [0.4, 0.5) is 4.79 Å². The zero-order valence-corrected chi connectivity index (χ0v) is 11.3. The molecular formula is C10H21NO2S2. The number of amides is 1. The van der Waals surface area contributed by atoms with Crippen molar-refractivity contribution in [3.8, 4) is 0 Å². The number of carbonyl (C=O) groups is 1. The van der Waals surface area contributed by atoms with Gasteiger partial charge in [0.2, 0.25) is 0 Å². The van der Waals surface area contributed by atoms with E-state index in [2.05, 4.69) is 25.5 Å². The molecule has 0 unspecified atom stereocenters. The Morgan fingerprint density at radius 1 is 1.27 bits per heavy atom. The molecule has 0 bridgehead atoms. The topological polar surface area (TPSA) is 29.5 Å². The Hall–Kier alpha value is -0.0300. The van der Waals surface area contributed by atoms with Crippen molar-refractivity contribution >= 4 is 28.5 Å². The summed E-state index contributed by atoms with van der Waals surface area (Å²) in [5.41, 5.74) is 0. The van der Waals surface area contributed by atoms with Crippen LogP contribution in [0.2, 0.25) is 0 Å². The zero-order chi connectivity index (χ0) is 11.5. The molecule has 0 atom stereocenters. The molecule has 0 aromatic rings. The molecule has 0 aromatic heterocycles. The van der Waals surface area contributed by atoms with Crippen LogP contribution in [0.1, 0.15) is 39.5 Å². The fraction of sp³-hybridized carbons (Fsp3) is 0.900. The first-order chi connectivity index (χ1) is 7.26. The third-order valence-corrected chi connectivity index (χ3v) is 2.60. The number of rotatable bonds is 8. The van der Waals surface area contributed by atoms with Crippen molar-refractivity contribution in [1.29, 1.82) is 0 Å². The molecule has 0 aliphatic carbocycles. The molecule has 0 aromatic carbocycles. The fourth-order valence-electron chi connectivity index (χ4n) is 1.16. The maximum atomic E-state index is 11.6. The van der Waals surface area contributed by atoms with Crippen molar-refractivity contribution < 1.29 is 9.53 Å². The highest BCUT2D eigenvalue weighted by Crippen LogP contribution is 2.07. The lowest BCUT2D eigenvalue weighted by Crippen LogP contribution is -2.33. The van der Waals surface area contributed by atoms with E-state index >= 15 is 0 Å². The minimum Gasteiger partial charge on any atom is -0.437 e. The summed E-state index contributed by atoms with van der Waals surface area (Å²) in [5.74, 6) is 0.316. The lowest BCUT2D eigenvalue weighted by Gasteiger charge is -2.21. The van der Waals surface area contributed by atoms with Crippen molar-refractivity contribution in [1.82, 2.24) is 4.90 Å². The standard InChI is InChI=1S/C10H21NO2S2/c1-3-5-7-11(8-6-4-2)10(12)13-9-15-14/h14H,3-9H2,1-2H3. The summed E-state index contributed by atoms with van der Waals surface area (Å²) >= 11 is 3.93. The number of carbonyl (C=O) groups excluding carboxylic acids is 1. The molecule has 0 rings (SSSR count). The normalized spacial score (nSPS) is 10.1. The predicted molar refractivity (Wildman–Crippen MR) is 69.3 cm³/mol. The average molecular weight is 251 g/mol. The molecule has 0 spiro atoms. The van der Waals surface area contributed by atoms with Gasteiger partial charge in [-0.05, 0) is 12.8 Å². The lowest BCUT2D eigenvalue weighted by molar-refractivity contribution is 0.118. The number of hydrogen-bond acceptors (Lipinski definition) is 4. The first-order valence-electron chi connectivity index (χ1n) is 5.44. The molecule has 15 heavy (non-hydrogen) atoms. The summed E-state index contributed by atoms with van der Waals surface area (Å²) in [6.45, 7) is 5.83. The van der Waals surface area contributed by atoms with E-state index in [4.69, 9.17) is 4.74 Å². The first kappa shape index (κ1) is 15.0. The molecule has 0 saturated heterocycles. The molecule has 0 saturated carbocycles. The summed E-state index contributed by atoms with van der Waals surface area (Å²) in [4.78, 5) is 13.4. The molecule has 0 heterocycles. The smallest absolute Gasteiger partial charge is 0.410 e. The van der Waals surface area contributed by atoms with E-state index < -0.39 is 0 Å². The number of nitrogens with zero attached hydrogens (tertiary/aromatic N) is 1. The number of hydrogen-bond donors (Lipinski definition) is 1. The Morgan fingerprint density at radius 3 is 2.20 bits per heavy atom. The first-order valence-corrected chi connectivity index (χ1v) is 7.48. The third kappa shape index (κ3) is 7.85. The zero-order valence-electron chi connectivity index (χ0n) is 9.57. The SMILES string of the molecule is CCCCN(CCCC)C(=O)OCSS. The highest BCUT2D eigenvalue weighted by Gasteiger charge is 2.13. The van der Waals surface area contributed by atoms with Crippen molar-refractivity contribution in [2.75, 3.05) is 19.0 Å². The quantitative estimate of drug-likeness (QED) is 0.406. The van der Waals surface area contributed by atoms with E-state index in [-0.39, 0.29) is 6.09 Å². The Kier molecular flexibility index (Phi) is 10.5. The Bertz CT molecular complexity index is 160. The molecule has 90 valence electrons. The molecule has 0 aliphatic rings. The van der Waals surface area contributed by atoms with E-state index in [0.717, 1.165) is 38.8 Å². The van der Waals surface area contributed by atoms with Crippen molar-refractivity contribution in [3.63, 3.8) is 0 Å². The van der Waals surface area contributed by atoms with Crippen LogP contribution in [0, 0.1) is 0 Å². The van der Waals surface area contributed by atoms with E-state index in [1.165, 1.54) is 10.8 Å². The van der Waals surface area contributed by atoms with E-state index in [1.54, 1.807) is 4.90 Å². The summed E-state index contributed by atoms with van der Waals surface area (Å²) in [5, 5.41) is 0. The second-order valence-corrected chi connectivity index (χ2v) is 4.62. The largest absolute Gasteiger partial charge is 0.437 e. The molecule has 3 nitrogen and oxygen atoms in total. The van der Waals surface area contributed by atoms with Crippen molar-refractivity contribution in [2.45, 2.75) is 39.5 Å². The molecule has 0 aliphatic heterocycles. The second kappa shape index (κ2) is 10.5.